The Morgan fingerprint density at radius 1 is 1.33 bits per heavy atom. The number of nitrogens with zero attached hydrogens (tertiary/aromatic N) is 2. The number of hydrogen-bond donors (Lipinski definition) is 2. The van der Waals surface area contributed by atoms with Crippen LogP contribution in [0.3, 0.4) is 0 Å². The van der Waals surface area contributed by atoms with E-state index in [0.29, 0.717) is 5.69 Å². The van der Waals surface area contributed by atoms with Crippen molar-refractivity contribution in [2.75, 3.05) is 11.9 Å². The van der Waals surface area contributed by atoms with Crippen LogP contribution in [-0.2, 0) is 4.79 Å². The Labute approximate surface area is 122 Å². The number of benzene rings is 1. The van der Waals surface area contributed by atoms with Crippen LogP contribution in [0.2, 0.25) is 0 Å². The maximum atomic E-state index is 12.2. The lowest BCUT2D eigenvalue weighted by molar-refractivity contribution is -0.137. The summed E-state index contributed by atoms with van der Waals surface area (Å²) in [6.07, 6.45) is 1.70. The number of pyridine rings is 1. The first-order chi connectivity index (χ1) is 9.97. The van der Waals surface area contributed by atoms with E-state index in [1.54, 1.807) is 32.2 Å². The molecule has 2 rings (SSSR count). The topological polar surface area (TPSA) is 82.5 Å². The number of aromatic nitrogens is 1. The second-order valence-corrected chi connectivity index (χ2v) is 4.96. The van der Waals surface area contributed by atoms with Crippen molar-refractivity contribution >= 4 is 28.6 Å². The standard InChI is InChI=1S/C15H17N3O3/c1-10(2)18(9-14(19)20)15(21)17-12-5-6-13-11(8-12)4-3-7-16-13/h3-8,10H,9H2,1-2H3,(H,17,21)(H,19,20). The lowest BCUT2D eigenvalue weighted by Gasteiger charge is -2.25. The normalized spacial score (nSPS) is 10.6. The highest BCUT2D eigenvalue weighted by Gasteiger charge is 2.19. The third-order valence-electron chi connectivity index (χ3n) is 3.04. The highest BCUT2D eigenvalue weighted by molar-refractivity contribution is 5.94. The summed E-state index contributed by atoms with van der Waals surface area (Å²) in [6, 6.07) is 8.43. The average molecular weight is 287 g/mol. The molecule has 0 saturated carbocycles. The van der Waals surface area contributed by atoms with E-state index in [4.69, 9.17) is 5.11 Å². The number of amides is 2. The largest absolute Gasteiger partial charge is 0.480 e. The summed E-state index contributed by atoms with van der Waals surface area (Å²) >= 11 is 0. The molecule has 6 heteroatoms. The second kappa shape index (κ2) is 6.21. The van der Waals surface area contributed by atoms with E-state index in [-0.39, 0.29) is 12.6 Å². The van der Waals surface area contributed by atoms with E-state index in [1.165, 1.54) is 4.90 Å². The van der Waals surface area contributed by atoms with Gasteiger partial charge >= 0.3 is 12.0 Å². The Hall–Kier alpha value is -2.63. The fourth-order valence-corrected chi connectivity index (χ4v) is 1.98. The summed E-state index contributed by atoms with van der Waals surface area (Å²) in [5, 5.41) is 12.5. The van der Waals surface area contributed by atoms with Gasteiger partial charge in [-0.1, -0.05) is 6.07 Å². The average Bonchev–Trinajstić information content (AvgIpc) is 2.44. The molecule has 1 aromatic carbocycles. The lowest BCUT2D eigenvalue weighted by atomic mass is 10.2. The first-order valence-electron chi connectivity index (χ1n) is 6.61. The number of aliphatic carboxylic acids is 1. The van der Waals surface area contributed by atoms with Crippen molar-refractivity contribution < 1.29 is 14.7 Å². The number of carbonyl (C=O) groups excluding carboxylic acids is 1. The van der Waals surface area contributed by atoms with Crippen LogP contribution in [0.15, 0.2) is 36.5 Å². The molecule has 2 aromatic rings. The van der Waals surface area contributed by atoms with Gasteiger partial charge < -0.3 is 15.3 Å². The summed E-state index contributed by atoms with van der Waals surface area (Å²) in [5.41, 5.74) is 1.44. The van der Waals surface area contributed by atoms with Crippen molar-refractivity contribution in [1.82, 2.24) is 9.88 Å². The van der Waals surface area contributed by atoms with Gasteiger partial charge in [0.05, 0.1) is 5.52 Å². The molecule has 110 valence electrons. The molecule has 2 amide bonds. The molecule has 0 radical (unpaired) electrons. The van der Waals surface area contributed by atoms with Crippen molar-refractivity contribution in [3.05, 3.63) is 36.5 Å². The van der Waals surface area contributed by atoms with Crippen LogP contribution >= 0.6 is 0 Å². The molecule has 0 atom stereocenters. The molecular formula is C15H17N3O3. The smallest absolute Gasteiger partial charge is 0.323 e. The van der Waals surface area contributed by atoms with Gasteiger partial charge in [-0.2, -0.15) is 0 Å². The number of fused-ring (bicyclic) bond motifs is 1. The van der Waals surface area contributed by atoms with Crippen LogP contribution in [0.1, 0.15) is 13.8 Å². The molecule has 0 spiro atoms. The predicted molar refractivity (Wildman–Crippen MR) is 80.2 cm³/mol. The molecule has 0 fully saturated rings. The molecule has 21 heavy (non-hydrogen) atoms. The number of nitrogens with one attached hydrogen (secondary N) is 1. The zero-order valence-electron chi connectivity index (χ0n) is 11.9. The number of rotatable bonds is 4. The van der Waals surface area contributed by atoms with Gasteiger partial charge in [-0.25, -0.2) is 4.79 Å². The number of carboxylic acid groups (broad SMARTS) is 1. The molecule has 0 aliphatic heterocycles. The minimum atomic E-state index is -1.04. The Kier molecular flexibility index (Phi) is 4.37. The molecule has 2 N–H and O–H groups in total. The van der Waals surface area contributed by atoms with Crippen LogP contribution in [0.4, 0.5) is 10.5 Å². The number of carboxylic acids is 1. The fourth-order valence-electron chi connectivity index (χ4n) is 1.98. The molecular weight excluding hydrogens is 270 g/mol. The Bertz CT molecular complexity index is 670. The van der Waals surface area contributed by atoms with Gasteiger partial charge in [0, 0.05) is 23.3 Å². The molecule has 1 aromatic heterocycles. The SMILES string of the molecule is CC(C)N(CC(=O)O)C(=O)Nc1ccc2ncccc2c1. The van der Waals surface area contributed by atoms with E-state index < -0.39 is 12.0 Å². The summed E-state index contributed by atoms with van der Waals surface area (Å²) in [6.45, 7) is 3.21. The van der Waals surface area contributed by atoms with Crippen molar-refractivity contribution in [2.24, 2.45) is 0 Å². The predicted octanol–water partition coefficient (Wildman–Crippen LogP) is 2.56. The van der Waals surface area contributed by atoms with Gasteiger partial charge in [-0.15, -0.1) is 0 Å². The maximum Gasteiger partial charge on any atom is 0.323 e. The summed E-state index contributed by atoms with van der Waals surface area (Å²) in [5.74, 6) is -1.04. The van der Waals surface area contributed by atoms with Gasteiger partial charge in [0.1, 0.15) is 6.54 Å². The molecule has 6 nitrogen and oxygen atoms in total. The fraction of sp³-hybridized carbons (Fsp3) is 0.267. The number of hydrogen-bond acceptors (Lipinski definition) is 3. The van der Waals surface area contributed by atoms with Crippen LogP contribution in [-0.4, -0.2) is 39.6 Å². The van der Waals surface area contributed by atoms with Crippen molar-refractivity contribution in [2.45, 2.75) is 19.9 Å². The molecule has 1 heterocycles. The monoisotopic (exact) mass is 287 g/mol. The van der Waals surface area contributed by atoms with Crippen LogP contribution < -0.4 is 5.32 Å². The minimum absolute atomic E-state index is 0.205. The summed E-state index contributed by atoms with van der Waals surface area (Å²) in [4.78, 5) is 28.4. The molecule has 0 aliphatic rings. The number of urea groups is 1. The van der Waals surface area contributed by atoms with Crippen molar-refractivity contribution in [3.63, 3.8) is 0 Å². The van der Waals surface area contributed by atoms with Gasteiger partial charge in [0.15, 0.2) is 0 Å². The number of anilines is 1. The van der Waals surface area contributed by atoms with Gasteiger partial charge in [0.25, 0.3) is 0 Å². The summed E-state index contributed by atoms with van der Waals surface area (Å²) in [7, 11) is 0. The maximum absolute atomic E-state index is 12.2. The zero-order valence-corrected chi connectivity index (χ0v) is 11.9. The van der Waals surface area contributed by atoms with Crippen LogP contribution in [0.5, 0.6) is 0 Å². The highest BCUT2D eigenvalue weighted by atomic mass is 16.4. The van der Waals surface area contributed by atoms with E-state index in [9.17, 15) is 9.59 Å². The van der Waals surface area contributed by atoms with Crippen molar-refractivity contribution in [1.29, 1.82) is 0 Å². The van der Waals surface area contributed by atoms with E-state index in [1.807, 2.05) is 18.2 Å². The lowest BCUT2D eigenvalue weighted by Crippen LogP contribution is -2.43. The van der Waals surface area contributed by atoms with Gasteiger partial charge in [0.2, 0.25) is 0 Å². The first kappa shape index (κ1) is 14.8. The number of carbonyl (C=O) groups is 2. The van der Waals surface area contributed by atoms with E-state index >= 15 is 0 Å². The third kappa shape index (κ3) is 3.68. The quantitative estimate of drug-likeness (QED) is 0.905. The van der Waals surface area contributed by atoms with Crippen LogP contribution in [0.25, 0.3) is 10.9 Å². The zero-order chi connectivity index (χ0) is 15.4. The Morgan fingerprint density at radius 3 is 2.76 bits per heavy atom. The van der Waals surface area contributed by atoms with Gasteiger partial charge in [-0.3, -0.25) is 9.78 Å². The minimum Gasteiger partial charge on any atom is -0.480 e. The Balaban J connectivity index is 2.17. The van der Waals surface area contributed by atoms with E-state index in [2.05, 4.69) is 10.3 Å². The second-order valence-electron chi connectivity index (χ2n) is 4.96. The molecule has 0 saturated heterocycles. The highest BCUT2D eigenvalue weighted by Crippen LogP contribution is 2.17. The molecule has 0 aliphatic carbocycles. The molecule has 0 bridgehead atoms. The van der Waals surface area contributed by atoms with Crippen molar-refractivity contribution in [3.8, 4) is 0 Å². The Morgan fingerprint density at radius 2 is 2.10 bits per heavy atom. The van der Waals surface area contributed by atoms with E-state index in [0.717, 1.165) is 10.9 Å². The third-order valence-corrected chi connectivity index (χ3v) is 3.04. The summed E-state index contributed by atoms with van der Waals surface area (Å²) < 4.78 is 0. The first-order valence-corrected chi connectivity index (χ1v) is 6.61. The van der Waals surface area contributed by atoms with Crippen LogP contribution in [0, 0.1) is 0 Å². The molecule has 0 unspecified atom stereocenters. The van der Waals surface area contributed by atoms with Gasteiger partial charge in [-0.05, 0) is 38.1 Å².